The molecule has 3 N–H and O–H groups in total. The molecule has 0 aliphatic heterocycles. The number of carbonyl (C=O) groups is 1. The number of nitrogens with zero attached hydrogens (tertiary/aromatic N) is 2. The average Bonchev–Trinajstić information content (AvgIpc) is 2.70. The maximum atomic E-state index is 11.3. The number of nitrogens with one attached hydrogen (secondary N) is 2. The Kier molecular flexibility index (Phi) is 4.66. The van der Waals surface area contributed by atoms with Gasteiger partial charge in [-0.2, -0.15) is 9.78 Å². The molecule has 14 heavy (non-hydrogen) atoms. The van der Waals surface area contributed by atoms with E-state index in [1.54, 1.807) is 18.5 Å². The molecule has 1 heterocycles. The third-order valence-corrected chi connectivity index (χ3v) is 1.58. The molecule has 0 radical (unpaired) electrons. The third-order valence-electron chi connectivity index (χ3n) is 1.58. The van der Waals surface area contributed by atoms with Crippen molar-refractivity contribution in [2.75, 3.05) is 26.2 Å². The molecule has 6 heteroatoms. The molecule has 0 saturated carbocycles. The monoisotopic (exact) mass is 198 g/mol. The van der Waals surface area contributed by atoms with E-state index in [1.807, 2.05) is 0 Å². The van der Waals surface area contributed by atoms with Crippen molar-refractivity contribution in [3.63, 3.8) is 0 Å². The largest absolute Gasteiger partial charge is 0.395 e. The van der Waals surface area contributed by atoms with Gasteiger partial charge in [-0.15, -0.1) is 0 Å². The maximum absolute atomic E-state index is 11.3. The first-order chi connectivity index (χ1) is 6.84. The Bertz CT molecular complexity index is 260. The normalized spacial score (nSPS) is 10.1. The standard InChI is InChI=1S/C8H14N4O2/c13-7-5-9-3-4-10-8(14)12-6-1-2-11-12/h1-2,6,9,13H,3-5,7H2,(H,10,14). The van der Waals surface area contributed by atoms with Crippen molar-refractivity contribution in [2.45, 2.75) is 0 Å². The summed E-state index contributed by atoms with van der Waals surface area (Å²) in [4.78, 5) is 11.3. The predicted octanol–water partition coefficient (Wildman–Crippen LogP) is -0.977. The van der Waals surface area contributed by atoms with E-state index in [0.29, 0.717) is 19.6 Å². The van der Waals surface area contributed by atoms with Gasteiger partial charge in [-0.05, 0) is 6.07 Å². The lowest BCUT2D eigenvalue weighted by atomic mass is 10.6. The van der Waals surface area contributed by atoms with Crippen LogP contribution in [0.15, 0.2) is 18.5 Å². The van der Waals surface area contributed by atoms with Crippen molar-refractivity contribution < 1.29 is 9.90 Å². The maximum Gasteiger partial charge on any atom is 0.342 e. The van der Waals surface area contributed by atoms with Crippen molar-refractivity contribution in [2.24, 2.45) is 0 Å². The highest BCUT2D eigenvalue weighted by atomic mass is 16.3. The van der Waals surface area contributed by atoms with E-state index >= 15 is 0 Å². The molecule has 78 valence electrons. The highest BCUT2D eigenvalue weighted by molar-refractivity contribution is 5.75. The van der Waals surface area contributed by atoms with Crippen molar-refractivity contribution in [1.82, 2.24) is 20.4 Å². The molecule has 0 bridgehead atoms. The van der Waals surface area contributed by atoms with Crippen molar-refractivity contribution in [3.8, 4) is 0 Å². The first kappa shape index (κ1) is 10.7. The van der Waals surface area contributed by atoms with Crippen LogP contribution in [0, 0.1) is 0 Å². The number of carbonyl (C=O) groups excluding carboxylic acids is 1. The first-order valence-electron chi connectivity index (χ1n) is 4.44. The molecular weight excluding hydrogens is 184 g/mol. The third kappa shape index (κ3) is 3.55. The lowest BCUT2D eigenvalue weighted by Crippen LogP contribution is -2.35. The summed E-state index contributed by atoms with van der Waals surface area (Å²) in [6.07, 6.45) is 3.13. The van der Waals surface area contributed by atoms with Crippen molar-refractivity contribution >= 4 is 6.03 Å². The van der Waals surface area contributed by atoms with E-state index in [9.17, 15) is 4.79 Å². The van der Waals surface area contributed by atoms with Crippen LogP contribution in [-0.4, -0.2) is 47.2 Å². The van der Waals surface area contributed by atoms with Gasteiger partial charge in [-0.3, -0.25) is 0 Å². The average molecular weight is 198 g/mol. The van der Waals surface area contributed by atoms with Gasteiger partial charge in [-0.1, -0.05) is 0 Å². The second kappa shape index (κ2) is 6.11. The van der Waals surface area contributed by atoms with Gasteiger partial charge in [0, 0.05) is 32.0 Å². The number of hydrogen-bond acceptors (Lipinski definition) is 4. The summed E-state index contributed by atoms with van der Waals surface area (Å²) in [5.41, 5.74) is 0. The summed E-state index contributed by atoms with van der Waals surface area (Å²) in [7, 11) is 0. The Hall–Kier alpha value is -1.40. The minimum atomic E-state index is -0.249. The van der Waals surface area contributed by atoms with Crippen LogP contribution in [0.5, 0.6) is 0 Å². The van der Waals surface area contributed by atoms with Gasteiger partial charge in [-0.25, -0.2) is 4.79 Å². The lowest BCUT2D eigenvalue weighted by molar-refractivity contribution is 0.239. The fourth-order valence-electron chi connectivity index (χ4n) is 0.932. The van der Waals surface area contributed by atoms with E-state index in [2.05, 4.69) is 15.7 Å². The number of amides is 1. The fourth-order valence-corrected chi connectivity index (χ4v) is 0.932. The van der Waals surface area contributed by atoms with Crippen molar-refractivity contribution in [3.05, 3.63) is 18.5 Å². The smallest absolute Gasteiger partial charge is 0.342 e. The van der Waals surface area contributed by atoms with Gasteiger partial charge in [0.2, 0.25) is 0 Å². The number of aliphatic hydroxyl groups excluding tert-OH is 1. The van der Waals surface area contributed by atoms with E-state index in [0.717, 1.165) is 0 Å². The van der Waals surface area contributed by atoms with Gasteiger partial charge in [0.05, 0.1) is 6.61 Å². The zero-order chi connectivity index (χ0) is 10.2. The quantitative estimate of drug-likeness (QED) is 0.531. The summed E-state index contributed by atoms with van der Waals surface area (Å²) in [6, 6.07) is 1.43. The van der Waals surface area contributed by atoms with Crippen LogP contribution in [-0.2, 0) is 0 Å². The van der Waals surface area contributed by atoms with Gasteiger partial charge in [0.15, 0.2) is 0 Å². The first-order valence-corrected chi connectivity index (χ1v) is 4.44. The van der Waals surface area contributed by atoms with E-state index in [4.69, 9.17) is 5.11 Å². The molecule has 0 fully saturated rings. The molecule has 1 aromatic rings. The van der Waals surface area contributed by atoms with E-state index < -0.39 is 0 Å². The lowest BCUT2D eigenvalue weighted by Gasteiger charge is -2.04. The highest BCUT2D eigenvalue weighted by Crippen LogP contribution is 1.82. The Morgan fingerprint density at radius 1 is 1.43 bits per heavy atom. The number of hydrogen-bond donors (Lipinski definition) is 3. The molecule has 0 aliphatic carbocycles. The second-order valence-electron chi connectivity index (χ2n) is 2.66. The summed E-state index contributed by atoms with van der Waals surface area (Å²) < 4.78 is 1.23. The van der Waals surface area contributed by atoms with Crippen LogP contribution in [0.3, 0.4) is 0 Å². The molecule has 6 nitrogen and oxygen atoms in total. The van der Waals surface area contributed by atoms with Gasteiger partial charge in [0.25, 0.3) is 0 Å². The van der Waals surface area contributed by atoms with Crippen LogP contribution in [0.1, 0.15) is 0 Å². The topological polar surface area (TPSA) is 79.2 Å². The molecule has 0 saturated heterocycles. The summed E-state index contributed by atoms with van der Waals surface area (Å²) >= 11 is 0. The summed E-state index contributed by atoms with van der Waals surface area (Å²) in [5, 5.41) is 17.8. The number of rotatable bonds is 5. The molecule has 0 spiro atoms. The van der Waals surface area contributed by atoms with E-state index in [1.165, 1.54) is 4.68 Å². The Morgan fingerprint density at radius 2 is 2.29 bits per heavy atom. The van der Waals surface area contributed by atoms with Crippen LogP contribution in [0.25, 0.3) is 0 Å². The molecule has 0 aromatic carbocycles. The highest BCUT2D eigenvalue weighted by Gasteiger charge is 2.01. The number of aliphatic hydroxyl groups is 1. The summed E-state index contributed by atoms with van der Waals surface area (Å²) in [5.74, 6) is 0. The minimum Gasteiger partial charge on any atom is -0.395 e. The van der Waals surface area contributed by atoms with Crippen molar-refractivity contribution in [1.29, 1.82) is 0 Å². The molecule has 1 amide bonds. The van der Waals surface area contributed by atoms with Crippen LogP contribution >= 0.6 is 0 Å². The predicted molar refractivity (Wildman–Crippen MR) is 51.0 cm³/mol. The second-order valence-corrected chi connectivity index (χ2v) is 2.66. The van der Waals surface area contributed by atoms with E-state index in [-0.39, 0.29) is 12.6 Å². The Labute approximate surface area is 81.9 Å². The zero-order valence-electron chi connectivity index (χ0n) is 7.81. The number of aromatic nitrogens is 2. The fraction of sp³-hybridized carbons (Fsp3) is 0.500. The zero-order valence-corrected chi connectivity index (χ0v) is 7.81. The van der Waals surface area contributed by atoms with Gasteiger partial charge >= 0.3 is 6.03 Å². The van der Waals surface area contributed by atoms with Crippen LogP contribution in [0.4, 0.5) is 4.79 Å². The molecular formula is C8H14N4O2. The van der Waals surface area contributed by atoms with Crippen LogP contribution < -0.4 is 10.6 Å². The Balaban J connectivity index is 2.10. The molecule has 1 aromatic heterocycles. The van der Waals surface area contributed by atoms with Crippen LogP contribution in [0.2, 0.25) is 0 Å². The van der Waals surface area contributed by atoms with Gasteiger partial charge < -0.3 is 15.7 Å². The molecule has 0 aliphatic rings. The molecule has 1 rings (SSSR count). The summed E-state index contributed by atoms with van der Waals surface area (Å²) in [6.45, 7) is 1.79. The van der Waals surface area contributed by atoms with Gasteiger partial charge in [0.1, 0.15) is 0 Å². The molecule has 0 atom stereocenters. The Morgan fingerprint density at radius 3 is 2.93 bits per heavy atom. The SMILES string of the molecule is O=C(NCCNCCO)n1cccn1. The molecule has 0 unspecified atom stereocenters. The minimum absolute atomic E-state index is 0.104.